The molecule has 92 valence electrons. The minimum atomic E-state index is -0.572. The fourth-order valence-corrected chi connectivity index (χ4v) is 1.06. The van der Waals surface area contributed by atoms with E-state index in [1.165, 1.54) is 11.0 Å². The number of anilines is 2. The van der Waals surface area contributed by atoms with Crippen molar-refractivity contribution >= 4 is 23.2 Å². The lowest BCUT2D eigenvalue weighted by Crippen LogP contribution is -2.28. The normalized spacial score (nSPS) is 9.76. The molecule has 0 bridgehead atoms. The molecule has 0 fully saturated rings. The van der Waals surface area contributed by atoms with E-state index < -0.39 is 4.92 Å². The number of hydrogen-bond acceptors (Lipinski definition) is 6. The number of rotatable bonds is 4. The minimum absolute atomic E-state index is 0.000603. The zero-order chi connectivity index (χ0) is 13.0. The van der Waals surface area contributed by atoms with E-state index in [0.717, 1.165) is 6.07 Å². The van der Waals surface area contributed by atoms with Crippen molar-refractivity contribution in [3.8, 4) is 0 Å². The van der Waals surface area contributed by atoms with Gasteiger partial charge >= 0.3 is 0 Å². The monoisotopic (exact) mass is 239 g/mol. The van der Waals surface area contributed by atoms with Crippen molar-refractivity contribution in [1.82, 2.24) is 9.88 Å². The number of pyridine rings is 1. The van der Waals surface area contributed by atoms with Crippen molar-refractivity contribution in [1.29, 1.82) is 0 Å². The Bertz CT molecular complexity index is 446. The Morgan fingerprint density at radius 3 is 2.76 bits per heavy atom. The SMILES string of the molecule is CN(C)C(=O)CNc1cc([N+](=O)[O-])cc(N)n1. The fraction of sp³-hybridized carbons (Fsp3) is 0.333. The number of carbonyl (C=O) groups is 1. The van der Waals surface area contributed by atoms with Gasteiger partial charge < -0.3 is 16.0 Å². The number of nitrogens with zero attached hydrogens (tertiary/aromatic N) is 3. The van der Waals surface area contributed by atoms with Gasteiger partial charge in [-0.15, -0.1) is 0 Å². The molecule has 1 rings (SSSR count). The Morgan fingerprint density at radius 2 is 2.24 bits per heavy atom. The van der Waals surface area contributed by atoms with Gasteiger partial charge in [-0.3, -0.25) is 14.9 Å². The Morgan fingerprint density at radius 1 is 1.59 bits per heavy atom. The number of nitrogen functional groups attached to an aromatic ring is 1. The molecule has 0 aromatic carbocycles. The van der Waals surface area contributed by atoms with Gasteiger partial charge in [-0.1, -0.05) is 0 Å². The van der Waals surface area contributed by atoms with Crippen LogP contribution < -0.4 is 11.1 Å². The highest BCUT2D eigenvalue weighted by atomic mass is 16.6. The van der Waals surface area contributed by atoms with Crippen molar-refractivity contribution in [3.63, 3.8) is 0 Å². The summed E-state index contributed by atoms with van der Waals surface area (Å²) in [5.74, 6) is 0.0581. The first kappa shape index (κ1) is 12.7. The lowest BCUT2D eigenvalue weighted by molar-refractivity contribution is -0.384. The van der Waals surface area contributed by atoms with Crippen molar-refractivity contribution in [2.75, 3.05) is 31.7 Å². The summed E-state index contributed by atoms with van der Waals surface area (Å²) in [7, 11) is 3.22. The summed E-state index contributed by atoms with van der Waals surface area (Å²) in [6.45, 7) is 0.000603. The summed E-state index contributed by atoms with van der Waals surface area (Å²) < 4.78 is 0. The maximum atomic E-state index is 11.3. The molecule has 0 aliphatic rings. The Balaban J connectivity index is 2.78. The standard InChI is InChI=1S/C9H13N5O3/c1-13(2)9(15)5-11-8-4-6(14(16)17)3-7(10)12-8/h3-4H,5H2,1-2H3,(H3,10,11,12). The van der Waals surface area contributed by atoms with E-state index in [-0.39, 0.29) is 29.8 Å². The molecule has 1 amide bonds. The van der Waals surface area contributed by atoms with Crippen LogP contribution in [0.4, 0.5) is 17.3 Å². The zero-order valence-electron chi connectivity index (χ0n) is 9.51. The molecule has 8 heteroatoms. The van der Waals surface area contributed by atoms with Crippen LogP contribution >= 0.6 is 0 Å². The van der Waals surface area contributed by atoms with Gasteiger partial charge in [0.05, 0.1) is 23.6 Å². The molecule has 0 aliphatic carbocycles. The molecule has 0 saturated carbocycles. The number of hydrogen-bond donors (Lipinski definition) is 2. The third-order valence-electron chi connectivity index (χ3n) is 1.96. The summed E-state index contributed by atoms with van der Waals surface area (Å²) in [5.41, 5.74) is 5.24. The fourth-order valence-electron chi connectivity index (χ4n) is 1.06. The Hall–Kier alpha value is -2.38. The quantitative estimate of drug-likeness (QED) is 0.567. The van der Waals surface area contributed by atoms with Gasteiger partial charge in [0.25, 0.3) is 5.69 Å². The number of nitrogens with two attached hydrogens (primary N) is 1. The Labute approximate surface area is 97.6 Å². The molecule has 0 saturated heterocycles. The van der Waals surface area contributed by atoms with Gasteiger partial charge in [0.1, 0.15) is 11.6 Å². The van der Waals surface area contributed by atoms with Crippen LogP contribution in [0.3, 0.4) is 0 Å². The Kier molecular flexibility index (Phi) is 3.81. The number of nitro groups is 1. The second-order valence-electron chi connectivity index (χ2n) is 3.53. The van der Waals surface area contributed by atoms with E-state index in [4.69, 9.17) is 5.73 Å². The third-order valence-corrected chi connectivity index (χ3v) is 1.96. The molecule has 1 heterocycles. The van der Waals surface area contributed by atoms with Crippen LogP contribution in [0.5, 0.6) is 0 Å². The van der Waals surface area contributed by atoms with E-state index in [0.29, 0.717) is 0 Å². The molecule has 0 spiro atoms. The molecule has 0 radical (unpaired) electrons. The average Bonchev–Trinajstić information content (AvgIpc) is 2.24. The van der Waals surface area contributed by atoms with Crippen LogP contribution in [0.25, 0.3) is 0 Å². The topological polar surface area (TPSA) is 114 Å². The van der Waals surface area contributed by atoms with Gasteiger partial charge in [0.2, 0.25) is 5.91 Å². The van der Waals surface area contributed by atoms with E-state index in [1.807, 2.05) is 0 Å². The average molecular weight is 239 g/mol. The van der Waals surface area contributed by atoms with E-state index in [2.05, 4.69) is 10.3 Å². The molecule has 1 aromatic rings. The van der Waals surface area contributed by atoms with Crippen molar-refractivity contribution < 1.29 is 9.72 Å². The van der Waals surface area contributed by atoms with Crippen molar-refractivity contribution in [3.05, 3.63) is 22.2 Å². The number of aromatic nitrogens is 1. The second kappa shape index (κ2) is 5.10. The number of nitrogens with one attached hydrogen (secondary N) is 1. The predicted molar refractivity (Wildman–Crippen MR) is 62.5 cm³/mol. The first-order valence-corrected chi connectivity index (χ1v) is 4.76. The van der Waals surface area contributed by atoms with E-state index >= 15 is 0 Å². The van der Waals surface area contributed by atoms with Crippen molar-refractivity contribution in [2.45, 2.75) is 0 Å². The zero-order valence-corrected chi connectivity index (χ0v) is 9.51. The molecule has 0 unspecified atom stereocenters. The summed E-state index contributed by atoms with van der Waals surface area (Å²) in [5, 5.41) is 13.2. The molecule has 3 N–H and O–H groups in total. The van der Waals surface area contributed by atoms with Crippen LogP contribution in [-0.4, -0.2) is 41.4 Å². The van der Waals surface area contributed by atoms with Gasteiger partial charge in [-0.2, -0.15) is 0 Å². The van der Waals surface area contributed by atoms with Crippen LogP contribution in [0, 0.1) is 10.1 Å². The van der Waals surface area contributed by atoms with Gasteiger partial charge in [-0.05, 0) is 0 Å². The molecule has 17 heavy (non-hydrogen) atoms. The van der Waals surface area contributed by atoms with Crippen LogP contribution in [0.1, 0.15) is 0 Å². The summed E-state index contributed by atoms with van der Waals surface area (Å²) >= 11 is 0. The van der Waals surface area contributed by atoms with Gasteiger partial charge in [-0.25, -0.2) is 4.98 Å². The van der Waals surface area contributed by atoms with Crippen LogP contribution in [0.15, 0.2) is 12.1 Å². The predicted octanol–water partition coefficient (Wildman–Crippen LogP) is 0.0721. The lowest BCUT2D eigenvalue weighted by atomic mass is 10.3. The molecular formula is C9H13N5O3. The minimum Gasteiger partial charge on any atom is -0.383 e. The highest BCUT2D eigenvalue weighted by Gasteiger charge is 2.11. The molecule has 1 aromatic heterocycles. The number of likely N-dealkylation sites (N-methyl/N-ethyl adjacent to an activating group) is 1. The maximum Gasteiger partial charge on any atom is 0.276 e. The van der Waals surface area contributed by atoms with E-state index in [1.54, 1.807) is 14.1 Å². The first-order valence-electron chi connectivity index (χ1n) is 4.76. The molecular weight excluding hydrogens is 226 g/mol. The van der Waals surface area contributed by atoms with Gasteiger partial charge in [0.15, 0.2) is 0 Å². The highest BCUT2D eigenvalue weighted by molar-refractivity contribution is 5.80. The van der Waals surface area contributed by atoms with Gasteiger partial charge in [0, 0.05) is 14.1 Å². The lowest BCUT2D eigenvalue weighted by Gasteiger charge is -2.11. The summed E-state index contributed by atoms with van der Waals surface area (Å²) in [6.07, 6.45) is 0. The molecule has 0 aliphatic heterocycles. The second-order valence-corrected chi connectivity index (χ2v) is 3.53. The maximum absolute atomic E-state index is 11.3. The third kappa shape index (κ3) is 3.59. The van der Waals surface area contributed by atoms with Crippen LogP contribution in [-0.2, 0) is 4.79 Å². The first-order chi connectivity index (χ1) is 7.90. The van der Waals surface area contributed by atoms with Crippen molar-refractivity contribution in [2.24, 2.45) is 0 Å². The summed E-state index contributed by atoms with van der Waals surface area (Å²) in [6, 6.07) is 2.37. The number of carbonyl (C=O) groups excluding carboxylic acids is 1. The highest BCUT2D eigenvalue weighted by Crippen LogP contribution is 2.18. The molecule has 8 nitrogen and oxygen atoms in total. The largest absolute Gasteiger partial charge is 0.383 e. The van der Waals surface area contributed by atoms with E-state index in [9.17, 15) is 14.9 Å². The molecule has 0 atom stereocenters. The number of amides is 1. The summed E-state index contributed by atoms with van der Waals surface area (Å²) in [4.78, 5) is 26.5. The smallest absolute Gasteiger partial charge is 0.276 e. The van der Waals surface area contributed by atoms with Crippen LogP contribution in [0.2, 0.25) is 0 Å².